The molecule has 0 aliphatic heterocycles. The largest absolute Gasteiger partial charge is 0.348 e. The highest BCUT2D eigenvalue weighted by molar-refractivity contribution is 5.95. The molecule has 1 fully saturated rings. The topological polar surface area (TPSA) is 68.0 Å². The van der Waals surface area contributed by atoms with Crippen LogP contribution in [0, 0.1) is 19.8 Å². The Kier molecular flexibility index (Phi) is 7.34. The molecule has 1 aliphatic carbocycles. The quantitative estimate of drug-likeness (QED) is 0.894. The van der Waals surface area contributed by atoms with Crippen molar-refractivity contribution in [1.29, 1.82) is 0 Å². The molecule has 108 valence electrons. The molecule has 0 aromatic carbocycles. The van der Waals surface area contributed by atoms with Crippen LogP contribution in [-0.2, 0) is 0 Å². The molecule has 2 rings (SSSR count). The van der Waals surface area contributed by atoms with E-state index in [0.717, 1.165) is 11.4 Å². The lowest BCUT2D eigenvalue weighted by molar-refractivity contribution is 0.0932. The molecule has 1 aliphatic rings. The van der Waals surface area contributed by atoms with Crippen LogP contribution in [0.2, 0.25) is 0 Å². The lowest BCUT2D eigenvalue weighted by Gasteiger charge is -2.16. The third-order valence-electron chi connectivity index (χ3n) is 3.23. The van der Waals surface area contributed by atoms with Gasteiger partial charge in [-0.3, -0.25) is 9.78 Å². The minimum absolute atomic E-state index is 0. The predicted octanol–water partition coefficient (Wildman–Crippen LogP) is 2.01. The number of amides is 1. The van der Waals surface area contributed by atoms with Crippen molar-refractivity contribution in [1.82, 2.24) is 10.3 Å². The van der Waals surface area contributed by atoms with Gasteiger partial charge in [-0.15, -0.1) is 24.8 Å². The number of hydrogen-bond acceptors (Lipinski definition) is 3. The summed E-state index contributed by atoms with van der Waals surface area (Å²) < 4.78 is 0. The van der Waals surface area contributed by atoms with Gasteiger partial charge in [0.2, 0.25) is 0 Å². The lowest BCUT2D eigenvalue weighted by Crippen LogP contribution is -2.42. The molecule has 0 bridgehead atoms. The number of aryl methyl sites for hydroxylation is 2. The van der Waals surface area contributed by atoms with Gasteiger partial charge in [0.1, 0.15) is 0 Å². The fourth-order valence-electron chi connectivity index (χ4n) is 2.04. The van der Waals surface area contributed by atoms with Gasteiger partial charge in [0.05, 0.1) is 11.3 Å². The highest BCUT2D eigenvalue weighted by Gasteiger charge is 2.31. The molecule has 0 spiro atoms. The third kappa shape index (κ3) is 4.64. The molecule has 1 unspecified atom stereocenters. The van der Waals surface area contributed by atoms with E-state index in [-0.39, 0.29) is 36.8 Å². The molecule has 0 radical (unpaired) electrons. The Bertz CT molecular complexity index is 436. The molecule has 1 aromatic rings. The Balaban J connectivity index is 0.00000162. The first kappa shape index (κ1) is 18.2. The summed E-state index contributed by atoms with van der Waals surface area (Å²) in [6.45, 7) is 4.28. The Labute approximate surface area is 126 Å². The normalized spacial score (nSPS) is 14.9. The van der Waals surface area contributed by atoms with Crippen molar-refractivity contribution < 1.29 is 4.79 Å². The number of nitrogens with one attached hydrogen (secondary N) is 1. The minimum Gasteiger partial charge on any atom is -0.348 e. The van der Waals surface area contributed by atoms with Gasteiger partial charge in [-0.05, 0) is 44.7 Å². The summed E-state index contributed by atoms with van der Waals surface area (Å²) in [7, 11) is 0. The van der Waals surface area contributed by atoms with Gasteiger partial charge in [-0.2, -0.15) is 0 Å². The SMILES string of the molecule is Cc1ccc(C(=O)NC(CN)C2CC2)c(C)n1.Cl.Cl. The molecular formula is C13H21Cl2N3O. The van der Waals surface area contributed by atoms with Crippen LogP contribution < -0.4 is 11.1 Å². The van der Waals surface area contributed by atoms with Crippen LogP contribution >= 0.6 is 24.8 Å². The number of rotatable bonds is 4. The van der Waals surface area contributed by atoms with Gasteiger partial charge in [0.15, 0.2) is 0 Å². The highest BCUT2D eigenvalue weighted by atomic mass is 35.5. The Hall–Kier alpha value is -0.840. The van der Waals surface area contributed by atoms with Crippen LogP contribution in [0.1, 0.15) is 34.6 Å². The number of nitrogens with zero attached hydrogens (tertiary/aromatic N) is 1. The number of aromatic nitrogens is 1. The average molecular weight is 306 g/mol. The lowest BCUT2D eigenvalue weighted by atomic mass is 10.1. The maximum Gasteiger partial charge on any atom is 0.253 e. The van der Waals surface area contributed by atoms with Crippen LogP contribution in [0.25, 0.3) is 0 Å². The second-order valence-corrected chi connectivity index (χ2v) is 4.74. The van der Waals surface area contributed by atoms with Crippen molar-refractivity contribution in [3.63, 3.8) is 0 Å². The van der Waals surface area contributed by atoms with E-state index in [4.69, 9.17) is 5.73 Å². The molecule has 3 N–H and O–H groups in total. The zero-order chi connectivity index (χ0) is 12.4. The monoisotopic (exact) mass is 305 g/mol. The molecule has 1 aromatic heterocycles. The summed E-state index contributed by atoms with van der Waals surface area (Å²) in [6, 6.07) is 3.80. The summed E-state index contributed by atoms with van der Waals surface area (Å²) >= 11 is 0. The summed E-state index contributed by atoms with van der Waals surface area (Å²) in [6.07, 6.45) is 2.35. The van der Waals surface area contributed by atoms with E-state index in [2.05, 4.69) is 10.3 Å². The van der Waals surface area contributed by atoms with Crippen LogP contribution in [0.4, 0.5) is 0 Å². The van der Waals surface area contributed by atoms with Crippen molar-refractivity contribution in [2.45, 2.75) is 32.7 Å². The molecule has 1 amide bonds. The summed E-state index contributed by atoms with van der Waals surface area (Å²) in [5.74, 6) is 0.514. The second-order valence-electron chi connectivity index (χ2n) is 4.74. The van der Waals surface area contributed by atoms with Gasteiger partial charge in [0.25, 0.3) is 5.91 Å². The van der Waals surface area contributed by atoms with Crippen molar-refractivity contribution in [3.05, 3.63) is 29.1 Å². The fraction of sp³-hybridized carbons (Fsp3) is 0.538. The number of nitrogens with two attached hydrogens (primary N) is 1. The molecule has 1 saturated carbocycles. The van der Waals surface area contributed by atoms with E-state index in [1.807, 2.05) is 26.0 Å². The van der Waals surface area contributed by atoms with E-state index in [1.165, 1.54) is 12.8 Å². The predicted molar refractivity (Wildman–Crippen MR) is 81.2 cm³/mol. The molecule has 1 heterocycles. The highest BCUT2D eigenvalue weighted by Crippen LogP contribution is 2.32. The summed E-state index contributed by atoms with van der Waals surface area (Å²) in [5, 5.41) is 3.00. The molecule has 19 heavy (non-hydrogen) atoms. The number of pyridine rings is 1. The first-order chi connectivity index (χ1) is 8.11. The Morgan fingerprint density at radius 1 is 1.42 bits per heavy atom. The van der Waals surface area contributed by atoms with E-state index >= 15 is 0 Å². The van der Waals surface area contributed by atoms with E-state index in [1.54, 1.807) is 0 Å². The molecule has 4 nitrogen and oxygen atoms in total. The van der Waals surface area contributed by atoms with Gasteiger partial charge < -0.3 is 11.1 Å². The van der Waals surface area contributed by atoms with Gasteiger partial charge >= 0.3 is 0 Å². The molecule has 1 atom stereocenters. The van der Waals surface area contributed by atoms with Crippen LogP contribution in [0.15, 0.2) is 12.1 Å². The zero-order valence-electron chi connectivity index (χ0n) is 11.2. The van der Waals surface area contributed by atoms with Crippen LogP contribution in [0.5, 0.6) is 0 Å². The molecular weight excluding hydrogens is 285 g/mol. The van der Waals surface area contributed by atoms with Crippen molar-refractivity contribution in [3.8, 4) is 0 Å². The van der Waals surface area contributed by atoms with E-state index in [9.17, 15) is 4.79 Å². The van der Waals surface area contributed by atoms with Gasteiger partial charge in [-0.25, -0.2) is 0 Å². The number of carbonyl (C=O) groups excluding carboxylic acids is 1. The zero-order valence-corrected chi connectivity index (χ0v) is 12.8. The first-order valence-electron chi connectivity index (χ1n) is 6.07. The number of carbonyl (C=O) groups is 1. The second kappa shape index (κ2) is 7.68. The first-order valence-corrected chi connectivity index (χ1v) is 6.07. The van der Waals surface area contributed by atoms with E-state index < -0.39 is 0 Å². The molecule has 6 heteroatoms. The maximum atomic E-state index is 12.1. The fourth-order valence-corrected chi connectivity index (χ4v) is 2.04. The third-order valence-corrected chi connectivity index (χ3v) is 3.23. The molecule has 0 saturated heterocycles. The van der Waals surface area contributed by atoms with Crippen molar-refractivity contribution in [2.75, 3.05) is 6.54 Å². The van der Waals surface area contributed by atoms with Gasteiger partial charge in [0, 0.05) is 18.3 Å². The van der Waals surface area contributed by atoms with Crippen LogP contribution in [0.3, 0.4) is 0 Å². The average Bonchev–Trinajstić information content (AvgIpc) is 3.09. The smallest absolute Gasteiger partial charge is 0.253 e. The van der Waals surface area contributed by atoms with E-state index in [0.29, 0.717) is 18.0 Å². The number of hydrogen-bond donors (Lipinski definition) is 2. The van der Waals surface area contributed by atoms with Crippen molar-refractivity contribution in [2.24, 2.45) is 11.7 Å². The minimum atomic E-state index is -0.0580. The van der Waals surface area contributed by atoms with Crippen molar-refractivity contribution >= 4 is 30.7 Å². The Morgan fingerprint density at radius 3 is 2.53 bits per heavy atom. The summed E-state index contributed by atoms with van der Waals surface area (Å²) in [5.41, 5.74) is 8.02. The standard InChI is InChI=1S/C13H19N3O.2ClH/c1-8-3-6-11(9(2)15-8)13(17)16-12(7-14)10-4-5-10;;/h3,6,10,12H,4-5,7,14H2,1-2H3,(H,16,17);2*1H. The van der Waals surface area contributed by atoms with Crippen LogP contribution in [-0.4, -0.2) is 23.5 Å². The number of halogens is 2. The Morgan fingerprint density at radius 2 is 2.05 bits per heavy atom. The van der Waals surface area contributed by atoms with Gasteiger partial charge in [-0.1, -0.05) is 0 Å². The maximum absolute atomic E-state index is 12.1. The summed E-state index contributed by atoms with van der Waals surface area (Å²) in [4.78, 5) is 16.4.